The number of aryl methyl sites for hydroxylation is 2. The van der Waals surface area contributed by atoms with Crippen molar-refractivity contribution >= 4 is 18.0 Å². The van der Waals surface area contributed by atoms with Crippen LogP contribution in [-0.2, 0) is 6.42 Å². The normalized spacial score (nSPS) is 10.5. The van der Waals surface area contributed by atoms with Crippen LogP contribution in [0.15, 0.2) is 18.5 Å². The van der Waals surface area contributed by atoms with Crippen LogP contribution in [0.2, 0.25) is 0 Å². The second kappa shape index (κ2) is 4.63. The minimum atomic E-state index is -0.0471. The van der Waals surface area contributed by atoms with E-state index in [4.69, 9.17) is 12.2 Å². The van der Waals surface area contributed by atoms with Crippen molar-refractivity contribution in [1.82, 2.24) is 15.0 Å². The fraction of sp³-hybridized carbons (Fsp3) is 0.250. The first-order valence-electron chi connectivity index (χ1n) is 5.40. The van der Waals surface area contributed by atoms with Crippen LogP contribution in [0, 0.1) is 11.7 Å². The Morgan fingerprint density at radius 1 is 1.47 bits per heavy atom. The minimum absolute atomic E-state index is 0.0471. The maximum absolute atomic E-state index is 12.3. The SMILES string of the molecule is CCc1[nH]c(=S)[nH]c1C(=O)c1ccncc1C. The molecule has 5 heteroatoms. The van der Waals surface area contributed by atoms with Gasteiger partial charge in [-0.05, 0) is 37.2 Å². The molecule has 2 heterocycles. The van der Waals surface area contributed by atoms with Crippen LogP contribution in [0.5, 0.6) is 0 Å². The van der Waals surface area contributed by atoms with Crippen molar-refractivity contribution in [2.75, 3.05) is 0 Å². The Morgan fingerprint density at radius 3 is 2.88 bits per heavy atom. The van der Waals surface area contributed by atoms with Gasteiger partial charge in [0.15, 0.2) is 4.77 Å². The third-order valence-electron chi connectivity index (χ3n) is 2.65. The molecule has 2 aromatic rings. The molecule has 2 N–H and O–H groups in total. The Labute approximate surface area is 104 Å². The molecule has 0 saturated heterocycles. The Kier molecular flexibility index (Phi) is 3.19. The van der Waals surface area contributed by atoms with Crippen LogP contribution < -0.4 is 0 Å². The number of ketones is 1. The first-order chi connectivity index (χ1) is 8.13. The van der Waals surface area contributed by atoms with Crippen LogP contribution >= 0.6 is 12.2 Å². The number of pyridine rings is 1. The number of imidazole rings is 1. The van der Waals surface area contributed by atoms with Gasteiger partial charge in [0.25, 0.3) is 0 Å². The van der Waals surface area contributed by atoms with E-state index in [9.17, 15) is 4.79 Å². The van der Waals surface area contributed by atoms with E-state index < -0.39 is 0 Å². The molecule has 0 unspecified atom stereocenters. The van der Waals surface area contributed by atoms with Gasteiger partial charge in [0.2, 0.25) is 5.78 Å². The van der Waals surface area contributed by atoms with Gasteiger partial charge in [0.05, 0.1) is 0 Å². The summed E-state index contributed by atoms with van der Waals surface area (Å²) in [5, 5.41) is 0. The summed E-state index contributed by atoms with van der Waals surface area (Å²) >= 11 is 5.01. The second-order valence-electron chi connectivity index (χ2n) is 3.81. The molecule has 0 aliphatic rings. The Morgan fingerprint density at radius 2 is 2.24 bits per heavy atom. The average molecular weight is 247 g/mol. The summed E-state index contributed by atoms with van der Waals surface area (Å²) in [6.45, 7) is 3.84. The molecular formula is C12H13N3OS. The highest BCUT2D eigenvalue weighted by atomic mass is 32.1. The number of aromatic amines is 2. The van der Waals surface area contributed by atoms with E-state index in [1.165, 1.54) is 0 Å². The van der Waals surface area contributed by atoms with Gasteiger partial charge < -0.3 is 9.97 Å². The minimum Gasteiger partial charge on any atom is -0.334 e. The van der Waals surface area contributed by atoms with Crippen molar-refractivity contribution in [1.29, 1.82) is 0 Å². The van der Waals surface area contributed by atoms with Gasteiger partial charge in [0.1, 0.15) is 5.69 Å². The van der Waals surface area contributed by atoms with Crippen LogP contribution in [0.25, 0.3) is 0 Å². The standard InChI is InChI=1S/C12H13N3OS/c1-3-9-10(15-12(17)14-9)11(16)8-4-5-13-6-7(8)2/h4-6H,3H2,1-2H3,(H2,14,15,17). The molecule has 17 heavy (non-hydrogen) atoms. The van der Waals surface area contributed by atoms with E-state index in [2.05, 4.69) is 15.0 Å². The number of nitrogens with zero attached hydrogens (tertiary/aromatic N) is 1. The first kappa shape index (κ1) is 11.7. The summed E-state index contributed by atoms with van der Waals surface area (Å²) in [6.07, 6.45) is 4.03. The van der Waals surface area contributed by atoms with Gasteiger partial charge in [-0.3, -0.25) is 9.78 Å². The molecule has 2 aromatic heterocycles. The molecule has 0 saturated carbocycles. The molecule has 0 fully saturated rings. The van der Waals surface area contributed by atoms with Gasteiger partial charge in [-0.1, -0.05) is 6.92 Å². The third-order valence-corrected chi connectivity index (χ3v) is 2.85. The summed E-state index contributed by atoms with van der Waals surface area (Å²) in [5.74, 6) is -0.0471. The lowest BCUT2D eigenvalue weighted by molar-refractivity contribution is 0.103. The lowest BCUT2D eigenvalue weighted by atomic mass is 10.0. The highest BCUT2D eigenvalue weighted by Crippen LogP contribution is 2.14. The van der Waals surface area contributed by atoms with Gasteiger partial charge >= 0.3 is 0 Å². The first-order valence-corrected chi connectivity index (χ1v) is 5.80. The smallest absolute Gasteiger partial charge is 0.211 e. The predicted octanol–water partition coefficient (Wildman–Crippen LogP) is 2.57. The molecule has 0 radical (unpaired) electrons. The Balaban J connectivity index is 2.51. The van der Waals surface area contributed by atoms with E-state index in [0.717, 1.165) is 17.7 Å². The van der Waals surface area contributed by atoms with Gasteiger partial charge in [-0.15, -0.1) is 0 Å². The Bertz CT molecular complexity index is 612. The largest absolute Gasteiger partial charge is 0.334 e. The zero-order valence-electron chi connectivity index (χ0n) is 9.70. The number of hydrogen-bond acceptors (Lipinski definition) is 3. The summed E-state index contributed by atoms with van der Waals surface area (Å²) in [4.78, 5) is 22.2. The van der Waals surface area contributed by atoms with Gasteiger partial charge in [-0.2, -0.15) is 0 Å². The molecule has 0 bridgehead atoms. The molecule has 0 amide bonds. The fourth-order valence-corrected chi connectivity index (χ4v) is 1.97. The topological polar surface area (TPSA) is 61.5 Å². The van der Waals surface area contributed by atoms with Crippen molar-refractivity contribution in [3.8, 4) is 0 Å². The van der Waals surface area contributed by atoms with Crippen molar-refractivity contribution in [2.45, 2.75) is 20.3 Å². The lowest BCUT2D eigenvalue weighted by Crippen LogP contribution is -2.07. The van der Waals surface area contributed by atoms with Crippen molar-refractivity contribution < 1.29 is 4.79 Å². The summed E-state index contributed by atoms with van der Waals surface area (Å²) in [6, 6.07) is 1.72. The molecular weight excluding hydrogens is 234 g/mol. The number of H-pyrrole nitrogens is 2. The van der Waals surface area contributed by atoms with Crippen molar-refractivity contribution in [2.24, 2.45) is 0 Å². The summed E-state index contributed by atoms with van der Waals surface area (Å²) in [7, 11) is 0. The van der Waals surface area contributed by atoms with Gasteiger partial charge in [0, 0.05) is 23.7 Å². The van der Waals surface area contributed by atoms with E-state index in [-0.39, 0.29) is 5.78 Å². The van der Waals surface area contributed by atoms with Crippen LogP contribution in [0.4, 0.5) is 0 Å². The van der Waals surface area contributed by atoms with E-state index in [0.29, 0.717) is 16.0 Å². The number of carbonyl (C=O) groups is 1. The van der Waals surface area contributed by atoms with E-state index >= 15 is 0 Å². The highest BCUT2D eigenvalue weighted by molar-refractivity contribution is 7.71. The molecule has 4 nitrogen and oxygen atoms in total. The van der Waals surface area contributed by atoms with Crippen molar-refractivity contribution in [3.05, 3.63) is 45.7 Å². The number of aromatic nitrogens is 3. The van der Waals surface area contributed by atoms with Crippen LogP contribution in [-0.4, -0.2) is 20.7 Å². The zero-order chi connectivity index (χ0) is 12.4. The zero-order valence-corrected chi connectivity index (χ0v) is 10.5. The molecule has 0 atom stereocenters. The molecule has 0 aromatic carbocycles. The molecule has 0 spiro atoms. The third kappa shape index (κ3) is 2.19. The number of nitrogens with one attached hydrogen (secondary N) is 2. The van der Waals surface area contributed by atoms with E-state index in [1.54, 1.807) is 18.5 Å². The highest BCUT2D eigenvalue weighted by Gasteiger charge is 2.16. The fourth-order valence-electron chi connectivity index (χ4n) is 1.74. The summed E-state index contributed by atoms with van der Waals surface area (Å²) < 4.78 is 0.483. The monoisotopic (exact) mass is 247 g/mol. The number of hydrogen-bond donors (Lipinski definition) is 2. The average Bonchev–Trinajstić information content (AvgIpc) is 2.70. The quantitative estimate of drug-likeness (QED) is 0.647. The molecule has 2 rings (SSSR count). The molecule has 0 aliphatic heterocycles. The predicted molar refractivity (Wildman–Crippen MR) is 67.8 cm³/mol. The second-order valence-corrected chi connectivity index (χ2v) is 4.21. The van der Waals surface area contributed by atoms with E-state index in [1.807, 2.05) is 13.8 Å². The molecule has 0 aliphatic carbocycles. The van der Waals surface area contributed by atoms with Gasteiger partial charge in [-0.25, -0.2) is 0 Å². The number of carbonyl (C=O) groups excluding carboxylic acids is 1. The van der Waals surface area contributed by atoms with Crippen molar-refractivity contribution in [3.63, 3.8) is 0 Å². The Hall–Kier alpha value is -1.75. The van der Waals surface area contributed by atoms with Crippen LogP contribution in [0.3, 0.4) is 0 Å². The molecule has 88 valence electrons. The lowest BCUT2D eigenvalue weighted by Gasteiger charge is -2.03. The maximum Gasteiger partial charge on any atom is 0.211 e. The number of rotatable bonds is 3. The maximum atomic E-state index is 12.3. The van der Waals surface area contributed by atoms with Crippen LogP contribution in [0.1, 0.15) is 34.2 Å². The summed E-state index contributed by atoms with van der Waals surface area (Å²) in [5.41, 5.74) is 2.91.